The summed E-state index contributed by atoms with van der Waals surface area (Å²) < 4.78 is 6.50. The van der Waals surface area contributed by atoms with Gasteiger partial charge in [0.05, 0.1) is 5.69 Å². The first-order valence-electron chi connectivity index (χ1n) is 7.49. The summed E-state index contributed by atoms with van der Waals surface area (Å²) in [5.74, 6) is -1.34. The van der Waals surface area contributed by atoms with E-state index in [0.29, 0.717) is 16.4 Å². The van der Waals surface area contributed by atoms with Gasteiger partial charge in [0.2, 0.25) is 11.1 Å². The Hall–Kier alpha value is -2.67. The summed E-state index contributed by atoms with van der Waals surface area (Å²) in [6, 6.07) is 8.05. The summed E-state index contributed by atoms with van der Waals surface area (Å²) in [4.78, 5) is 37.5. The minimum absolute atomic E-state index is 0.390. The van der Waals surface area contributed by atoms with Gasteiger partial charge in [-0.25, -0.2) is 9.48 Å². The van der Waals surface area contributed by atoms with Gasteiger partial charge in [0.15, 0.2) is 6.10 Å². The lowest BCUT2D eigenvalue weighted by Gasteiger charge is -2.17. The molecule has 0 N–H and O–H groups in total. The third kappa shape index (κ3) is 4.24. The molecule has 1 amide bonds. The van der Waals surface area contributed by atoms with Crippen molar-refractivity contribution in [1.82, 2.24) is 14.7 Å². The highest BCUT2D eigenvalue weighted by Crippen LogP contribution is 2.14. The Morgan fingerprint density at radius 2 is 1.84 bits per heavy atom. The molecule has 25 heavy (non-hydrogen) atoms. The van der Waals surface area contributed by atoms with E-state index in [1.54, 1.807) is 45.3 Å². The minimum Gasteiger partial charge on any atom is -0.448 e. The molecule has 0 aliphatic heterocycles. The third-order valence-electron chi connectivity index (χ3n) is 3.44. The van der Waals surface area contributed by atoms with Crippen molar-refractivity contribution < 1.29 is 14.3 Å². The highest BCUT2D eigenvalue weighted by Gasteiger charge is 2.23. The van der Waals surface area contributed by atoms with Crippen molar-refractivity contribution >= 4 is 23.5 Å². The van der Waals surface area contributed by atoms with E-state index < -0.39 is 23.4 Å². The fraction of sp³-hybridized carbons (Fsp3) is 0.294. The number of hydrogen-bond acceptors (Lipinski definition) is 5. The van der Waals surface area contributed by atoms with Gasteiger partial charge in [-0.15, -0.1) is 0 Å². The number of aromatic nitrogens is 2. The van der Waals surface area contributed by atoms with Crippen molar-refractivity contribution in [1.29, 1.82) is 0 Å². The van der Waals surface area contributed by atoms with Gasteiger partial charge >= 0.3 is 5.97 Å². The number of rotatable bonds is 4. The van der Waals surface area contributed by atoms with Crippen LogP contribution in [0.3, 0.4) is 0 Å². The monoisotopic (exact) mass is 363 g/mol. The zero-order valence-corrected chi connectivity index (χ0v) is 15.1. The maximum atomic E-state index is 12.3. The lowest BCUT2D eigenvalue weighted by Crippen LogP contribution is -2.36. The van der Waals surface area contributed by atoms with Gasteiger partial charge < -0.3 is 9.64 Å². The number of amides is 1. The van der Waals surface area contributed by atoms with Crippen LogP contribution >= 0.6 is 11.6 Å². The Kier molecular flexibility index (Phi) is 5.58. The van der Waals surface area contributed by atoms with Crippen LogP contribution in [-0.4, -0.2) is 46.8 Å². The molecule has 1 aromatic heterocycles. The van der Waals surface area contributed by atoms with E-state index in [1.165, 1.54) is 22.6 Å². The van der Waals surface area contributed by atoms with Crippen LogP contribution in [0.4, 0.5) is 0 Å². The second-order valence-electron chi connectivity index (χ2n) is 5.67. The van der Waals surface area contributed by atoms with Crippen molar-refractivity contribution in [3.05, 3.63) is 57.0 Å². The minimum atomic E-state index is -1.02. The van der Waals surface area contributed by atoms with E-state index in [1.807, 2.05) is 0 Å². The summed E-state index contributed by atoms with van der Waals surface area (Å²) in [6.07, 6.45) is -1.02. The smallest absolute Gasteiger partial charge is 0.363 e. The van der Waals surface area contributed by atoms with E-state index in [-0.39, 0.29) is 5.69 Å². The highest BCUT2D eigenvalue weighted by atomic mass is 35.5. The van der Waals surface area contributed by atoms with Crippen molar-refractivity contribution in [2.45, 2.75) is 20.0 Å². The number of carbonyl (C=O) groups excluding carboxylic acids is 2. The van der Waals surface area contributed by atoms with Crippen LogP contribution in [0.25, 0.3) is 5.69 Å². The molecule has 0 radical (unpaired) electrons. The van der Waals surface area contributed by atoms with Gasteiger partial charge in [-0.05, 0) is 38.1 Å². The Morgan fingerprint density at radius 1 is 1.24 bits per heavy atom. The number of benzene rings is 1. The van der Waals surface area contributed by atoms with Crippen molar-refractivity contribution in [2.24, 2.45) is 0 Å². The van der Waals surface area contributed by atoms with Crippen molar-refractivity contribution in [2.75, 3.05) is 14.1 Å². The predicted molar refractivity (Wildman–Crippen MR) is 93.2 cm³/mol. The molecule has 0 unspecified atom stereocenters. The fourth-order valence-electron chi connectivity index (χ4n) is 2.16. The maximum Gasteiger partial charge on any atom is 0.363 e. The molecule has 0 aliphatic carbocycles. The first kappa shape index (κ1) is 18.7. The van der Waals surface area contributed by atoms with E-state index in [2.05, 4.69) is 5.10 Å². The topological polar surface area (TPSA) is 81.5 Å². The number of carbonyl (C=O) groups is 2. The average Bonchev–Trinajstić information content (AvgIpc) is 2.55. The number of nitrogens with zero attached hydrogens (tertiary/aromatic N) is 3. The lowest BCUT2D eigenvalue weighted by atomic mass is 10.2. The number of hydrogen-bond donors (Lipinski definition) is 0. The molecular weight excluding hydrogens is 346 g/mol. The molecule has 132 valence electrons. The van der Waals surface area contributed by atoms with Crippen LogP contribution in [0.2, 0.25) is 5.02 Å². The molecule has 0 fully saturated rings. The Bertz CT molecular complexity index is 859. The molecule has 0 bridgehead atoms. The highest BCUT2D eigenvalue weighted by molar-refractivity contribution is 6.30. The summed E-state index contributed by atoms with van der Waals surface area (Å²) in [5.41, 5.74) is 0.214. The van der Waals surface area contributed by atoms with Crippen molar-refractivity contribution in [3.8, 4) is 5.69 Å². The molecule has 8 heteroatoms. The van der Waals surface area contributed by atoms with Gasteiger partial charge in [-0.2, -0.15) is 5.10 Å². The Balaban J connectivity index is 2.37. The molecule has 1 heterocycles. The summed E-state index contributed by atoms with van der Waals surface area (Å²) in [5, 5.41) is 4.64. The van der Waals surface area contributed by atoms with Gasteiger partial charge in [0, 0.05) is 30.9 Å². The number of aryl methyl sites for hydroxylation is 1. The molecule has 2 rings (SSSR count). The number of likely N-dealkylation sites (N-methyl/N-ethyl adjacent to an activating group) is 1. The van der Waals surface area contributed by atoms with Gasteiger partial charge in [-0.1, -0.05) is 11.6 Å². The maximum absolute atomic E-state index is 12.3. The van der Waals surface area contributed by atoms with E-state index in [4.69, 9.17) is 16.3 Å². The second-order valence-corrected chi connectivity index (χ2v) is 6.10. The lowest BCUT2D eigenvalue weighted by molar-refractivity contribution is -0.137. The molecule has 7 nitrogen and oxygen atoms in total. The molecule has 0 saturated heterocycles. The second kappa shape index (κ2) is 7.48. The van der Waals surface area contributed by atoms with E-state index >= 15 is 0 Å². The van der Waals surface area contributed by atoms with Gasteiger partial charge in [0.25, 0.3) is 5.91 Å². The Morgan fingerprint density at radius 3 is 2.40 bits per heavy atom. The average molecular weight is 364 g/mol. The van der Waals surface area contributed by atoms with Crippen molar-refractivity contribution in [3.63, 3.8) is 0 Å². The van der Waals surface area contributed by atoms with Gasteiger partial charge in [-0.3, -0.25) is 9.59 Å². The quantitative estimate of drug-likeness (QED) is 0.774. The molecular formula is C17H18ClN3O4. The predicted octanol–water partition coefficient (Wildman–Crippen LogP) is 1.83. The molecule has 1 atom stereocenters. The van der Waals surface area contributed by atoms with E-state index in [9.17, 15) is 14.4 Å². The first-order valence-corrected chi connectivity index (χ1v) is 7.87. The molecule has 0 spiro atoms. The number of esters is 1. The summed E-state index contributed by atoms with van der Waals surface area (Å²) in [7, 11) is 3.09. The number of halogens is 1. The third-order valence-corrected chi connectivity index (χ3v) is 3.70. The van der Waals surface area contributed by atoms with Crippen LogP contribution in [0.15, 0.2) is 35.1 Å². The molecule has 0 aliphatic rings. The zero-order valence-electron chi connectivity index (χ0n) is 14.3. The Labute approximate surface area is 149 Å². The van der Waals surface area contributed by atoms with Crippen LogP contribution in [-0.2, 0) is 9.53 Å². The van der Waals surface area contributed by atoms with Crippen LogP contribution in [0, 0.1) is 6.92 Å². The fourth-order valence-corrected chi connectivity index (χ4v) is 2.29. The zero-order chi connectivity index (χ0) is 18.7. The number of ether oxygens (including phenoxy) is 1. The summed E-state index contributed by atoms with van der Waals surface area (Å²) in [6.45, 7) is 3.13. The first-order chi connectivity index (χ1) is 11.7. The standard InChI is InChI=1S/C17H18ClN3O4/c1-10-9-14(22)15(17(24)25-11(2)16(23)20(3)4)19-21(10)13-7-5-12(18)6-8-13/h5-9,11H,1-4H3/t11-/m0/s1. The largest absolute Gasteiger partial charge is 0.448 e. The SMILES string of the molecule is Cc1cc(=O)c(C(=O)O[C@@H](C)C(=O)N(C)C)nn1-c1ccc(Cl)cc1. The summed E-state index contributed by atoms with van der Waals surface area (Å²) >= 11 is 5.87. The van der Waals surface area contributed by atoms with Crippen LogP contribution < -0.4 is 5.43 Å². The molecule has 1 aromatic carbocycles. The van der Waals surface area contributed by atoms with Crippen LogP contribution in [0.1, 0.15) is 23.1 Å². The molecule has 2 aromatic rings. The normalized spacial score (nSPS) is 11.7. The van der Waals surface area contributed by atoms with E-state index in [0.717, 1.165) is 0 Å². The van der Waals surface area contributed by atoms with Gasteiger partial charge in [0.1, 0.15) is 0 Å². The molecule has 0 saturated carbocycles. The van der Waals surface area contributed by atoms with Crippen LogP contribution in [0.5, 0.6) is 0 Å².